The molecule has 1 aromatic heterocycles. The van der Waals surface area contributed by atoms with Gasteiger partial charge in [-0.15, -0.1) is 0 Å². The first-order valence-electron chi connectivity index (χ1n) is 5.45. The van der Waals surface area contributed by atoms with E-state index in [1.807, 2.05) is 4.68 Å². The van der Waals surface area contributed by atoms with Gasteiger partial charge in [0.05, 0.1) is 6.04 Å². The van der Waals surface area contributed by atoms with Gasteiger partial charge in [0.2, 0.25) is 0 Å². The van der Waals surface area contributed by atoms with Crippen LogP contribution in [0.4, 0.5) is 0 Å². The molecule has 0 saturated carbocycles. The van der Waals surface area contributed by atoms with E-state index in [9.17, 15) is 4.79 Å². The SMILES string of the molecule is CC(C)N1CCC(n2nccc2C=O)C1. The van der Waals surface area contributed by atoms with Crippen molar-refractivity contribution >= 4 is 6.29 Å². The molecule has 4 heteroatoms. The molecule has 4 nitrogen and oxygen atoms in total. The van der Waals surface area contributed by atoms with E-state index >= 15 is 0 Å². The van der Waals surface area contributed by atoms with E-state index < -0.39 is 0 Å². The highest BCUT2D eigenvalue weighted by Gasteiger charge is 2.26. The largest absolute Gasteiger partial charge is 0.299 e. The zero-order chi connectivity index (χ0) is 10.8. The molecular formula is C11H17N3O. The van der Waals surface area contributed by atoms with Crippen molar-refractivity contribution in [3.05, 3.63) is 18.0 Å². The summed E-state index contributed by atoms with van der Waals surface area (Å²) in [6.45, 7) is 6.50. The van der Waals surface area contributed by atoms with Gasteiger partial charge in [0.15, 0.2) is 6.29 Å². The van der Waals surface area contributed by atoms with Crippen LogP contribution in [0.25, 0.3) is 0 Å². The number of carbonyl (C=O) groups excluding carboxylic acids is 1. The number of aldehydes is 1. The van der Waals surface area contributed by atoms with Crippen molar-refractivity contribution in [3.63, 3.8) is 0 Å². The topological polar surface area (TPSA) is 38.1 Å². The second kappa shape index (κ2) is 4.14. The highest BCUT2D eigenvalue weighted by molar-refractivity contribution is 5.71. The molecule has 15 heavy (non-hydrogen) atoms. The van der Waals surface area contributed by atoms with Crippen LogP contribution in [0.1, 0.15) is 36.8 Å². The Bertz CT molecular complexity index is 345. The van der Waals surface area contributed by atoms with E-state index in [2.05, 4.69) is 23.8 Å². The number of likely N-dealkylation sites (tertiary alicyclic amines) is 1. The Morgan fingerprint density at radius 1 is 1.60 bits per heavy atom. The van der Waals surface area contributed by atoms with Crippen LogP contribution in [0.5, 0.6) is 0 Å². The van der Waals surface area contributed by atoms with Crippen molar-refractivity contribution in [3.8, 4) is 0 Å². The average Bonchev–Trinajstić information content (AvgIpc) is 2.85. The van der Waals surface area contributed by atoms with Crippen molar-refractivity contribution in [2.75, 3.05) is 13.1 Å². The maximum Gasteiger partial charge on any atom is 0.168 e. The summed E-state index contributed by atoms with van der Waals surface area (Å²) in [7, 11) is 0. The minimum atomic E-state index is 0.364. The summed E-state index contributed by atoms with van der Waals surface area (Å²) in [6.07, 6.45) is 3.66. The van der Waals surface area contributed by atoms with Gasteiger partial charge in [0, 0.05) is 25.3 Å². The van der Waals surface area contributed by atoms with Crippen LogP contribution in [0, 0.1) is 0 Å². The monoisotopic (exact) mass is 207 g/mol. The number of aromatic nitrogens is 2. The Balaban J connectivity index is 2.10. The fraction of sp³-hybridized carbons (Fsp3) is 0.636. The van der Waals surface area contributed by atoms with Crippen molar-refractivity contribution in [2.24, 2.45) is 0 Å². The highest BCUT2D eigenvalue weighted by atomic mass is 16.1. The fourth-order valence-corrected chi connectivity index (χ4v) is 2.16. The van der Waals surface area contributed by atoms with Crippen LogP contribution in [0.2, 0.25) is 0 Å². The van der Waals surface area contributed by atoms with Gasteiger partial charge in [0.25, 0.3) is 0 Å². The second-order valence-corrected chi connectivity index (χ2v) is 4.35. The zero-order valence-electron chi connectivity index (χ0n) is 9.26. The molecule has 0 radical (unpaired) electrons. The molecule has 0 aliphatic carbocycles. The van der Waals surface area contributed by atoms with Gasteiger partial charge in [0.1, 0.15) is 5.69 Å². The molecule has 1 fully saturated rings. The van der Waals surface area contributed by atoms with Crippen molar-refractivity contribution in [2.45, 2.75) is 32.4 Å². The standard InChI is InChI=1S/C11H17N3O/c1-9(2)13-6-4-10(7-13)14-11(8-15)3-5-12-14/h3,5,8-10H,4,6-7H2,1-2H3. The fourth-order valence-electron chi connectivity index (χ4n) is 2.16. The molecule has 2 rings (SSSR count). The van der Waals surface area contributed by atoms with E-state index in [0.29, 0.717) is 17.8 Å². The van der Waals surface area contributed by atoms with Crippen LogP contribution in [-0.4, -0.2) is 40.1 Å². The maximum atomic E-state index is 10.8. The van der Waals surface area contributed by atoms with Crippen LogP contribution in [0.15, 0.2) is 12.3 Å². The first-order chi connectivity index (χ1) is 7.22. The van der Waals surface area contributed by atoms with Gasteiger partial charge in [-0.25, -0.2) is 0 Å². The van der Waals surface area contributed by atoms with E-state index in [0.717, 1.165) is 25.8 Å². The van der Waals surface area contributed by atoms with Crippen molar-refractivity contribution < 1.29 is 4.79 Å². The lowest BCUT2D eigenvalue weighted by molar-refractivity contribution is 0.111. The average molecular weight is 207 g/mol. The lowest BCUT2D eigenvalue weighted by Gasteiger charge is -2.20. The molecule has 0 aromatic carbocycles. The number of nitrogens with zero attached hydrogens (tertiary/aromatic N) is 3. The molecule has 1 aliphatic heterocycles. The number of hydrogen-bond donors (Lipinski definition) is 0. The van der Waals surface area contributed by atoms with E-state index in [1.54, 1.807) is 12.3 Å². The van der Waals surface area contributed by atoms with E-state index in [-0.39, 0.29) is 0 Å². The summed E-state index contributed by atoms with van der Waals surface area (Å²) >= 11 is 0. The van der Waals surface area contributed by atoms with Crippen LogP contribution < -0.4 is 0 Å². The summed E-state index contributed by atoms with van der Waals surface area (Å²) in [5, 5.41) is 4.22. The van der Waals surface area contributed by atoms with Gasteiger partial charge >= 0.3 is 0 Å². The van der Waals surface area contributed by atoms with Gasteiger partial charge in [-0.1, -0.05) is 0 Å². The normalized spacial score (nSPS) is 22.5. The van der Waals surface area contributed by atoms with E-state index in [4.69, 9.17) is 0 Å². The van der Waals surface area contributed by atoms with Crippen molar-refractivity contribution in [1.29, 1.82) is 0 Å². The predicted octanol–water partition coefficient (Wildman–Crippen LogP) is 1.35. The lowest BCUT2D eigenvalue weighted by Crippen LogP contribution is -2.29. The maximum absolute atomic E-state index is 10.8. The molecule has 1 aliphatic rings. The molecule has 1 unspecified atom stereocenters. The first kappa shape index (κ1) is 10.4. The quantitative estimate of drug-likeness (QED) is 0.702. The molecule has 0 spiro atoms. The summed E-state index contributed by atoms with van der Waals surface area (Å²) in [5.41, 5.74) is 0.686. The highest BCUT2D eigenvalue weighted by Crippen LogP contribution is 2.23. The molecule has 1 aromatic rings. The Morgan fingerprint density at radius 3 is 3.00 bits per heavy atom. The molecular weight excluding hydrogens is 190 g/mol. The summed E-state index contributed by atoms with van der Waals surface area (Å²) in [6, 6.07) is 2.71. The molecule has 82 valence electrons. The van der Waals surface area contributed by atoms with Gasteiger partial charge in [-0.3, -0.25) is 14.4 Å². The number of rotatable bonds is 3. The zero-order valence-corrected chi connectivity index (χ0v) is 9.26. The Kier molecular flexibility index (Phi) is 2.86. The third kappa shape index (κ3) is 1.95. The molecule has 0 amide bonds. The molecule has 0 N–H and O–H groups in total. The molecule has 1 saturated heterocycles. The third-order valence-electron chi connectivity index (χ3n) is 3.09. The Morgan fingerprint density at radius 2 is 2.40 bits per heavy atom. The number of carbonyl (C=O) groups is 1. The first-order valence-corrected chi connectivity index (χ1v) is 5.45. The van der Waals surface area contributed by atoms with E-state index in [1.165, 1.54) is 0 Å². The van der Waals surface area contributed by atoms with Gasteiger partial charge in [-0.2, -0.15) is 5.10 Å². The summed E-state index contributed by atoms with van der Waals surface area (Å²) in [4.78, 5) is 13.2. The third-order valence-corrected chi connectivity index (χ3v) is 3.09. The van der Waals surface area contributed by atoms with Gasteiger partial charge < -0.3 is 0 Å². The lowest BCUT2D eigenvalue weighted by atomic mass is 10.2. The van der Waals surface area contributed by atoms with Gasteiger partial charge in [-0.05, 0) is 26.3 Å². The smallest absolute Gasteiger partial charge is 0.168 e. The minimum Gasteiger partial charge on any atom is -0.299 e. The molecule has 1 atom stereocenters. The second-order valence-electron chi connectivity index (χ2n) is 4.35. The van der Waals surface area contributed by atoms with Crippen LogP contribution in [-0.2, 0) is 0 Å². The predicted molar refractivity (Wildman–Crippen MR) is 58.0 cm³/mol. The summed E-state index contributed by atoms with van der Waals surface area (Å²) in [5.74, 6) is 0. The Hall–Kier alpha value is -1.16. The Labute approximate surface area is 89.9 Å². The molecule has 2 heterocycles. The number of hydrogen-bond acceptors (Lipinski definition) is 3. The van der Waals surface area contributed by atoms with Crippen LogP contribution in [0.3, 0.4) is 0 Å². The van der Waals surface area contributed by atoms with Crippen molar-refractivity contribution in [1.82, 2.24) is 14.7 Å². The van der Waals surface area contributed by atoms with Crippen LogP contribution >= 0.6 is 0 Å². The minimum absolute atomic E-state index is 0.364. The summed E-state index contributed by atoms with van der Waals surface area (Å²) < 4.78 is 1.86. The molecule has 0 bridgehead atoms.